The molecular weight excluding hydrogens is 426 g/mol. The van der Waals surface area contributed by atoms with E-state index in [1.807, 2.05) is 29.2 Å². The summed E-state index contributed by atoms with van der Waals surface area (Å²) in [4.78, 5) is 37.5. The fourth-order valence-electron chi connectivity index (χ4n) is 3.89. The zero-order valence-electron chi connectivity index (χ0n) is 17.4. The van der Waals surface area contributed by atoms with E-state index in [0.717, 1.165) is 18.6 Å². The van der Waals surface area contributed by atoms with Crippen LogP contribution in [0.4, 0.5) is 5.82 Å². The second kappa shape index (κ2) is 8.47. The molecule has 9 heteroatoms. The van der Waals surface area contributed by atoms with Crippen LogP contribution in [0, 0.1) is 0 Å². The van der Waals surface area contributed by atoms with Gasteiger partial charge in [-0.05, 0) is 31.9 Å². The third-order valence-corrected chi connectivity index (χ3v) is 5.87. The molecule has 0 N–H and O–H groups in total. The van der Waals surface area contributed by atoms with Gasteiger partial charge >= 0.3 is 0 Å². The molecule has 160 valence electrons. The summed E-state index contributed by atoms with van der Waals surface area (Å²) in [6, 6.07) is 9.27. The maximum absolute atomic E-state index is 13.6. The number of hydrogen-bond acceptors (Lipinski definition) is 6. The van der Waals surface area contributed by atoms with Crippen molar-refractivity contribution >= 4 is 34.7 Å². The highest BCUT2D eigenvalue weighted by atomic mass is 35.5. The van der Waals surface area contributed by atoms with Crippen LogP contribution in [0.3, 0.4) is 0 Å². The number of aliphatic imine (C=N–C) groups is 1. The maximum Gasteiger partial charge on any atom is 0.255 e. The molecule has 0 saturated carbocycles. The van der Waals surface area contributed by atoms with E-state index in [1.165, 1.54) is 0 Å². The van der Waals surface area contributed by atoms with Crippen molar-refractivity contribution in [3.8, 4) is 11.4 Å². The van der Waals surface area contributed by atoms with Crippen molar-refractivity contribution in [2.75, 3.05) is 6.54 Å². The molecule has 0 bridgehead atoms. The van der Waals surface area contributed by atoms with E-state index in [1.54, 1.807) is 41.5 Å². The lowest BCUT2D eigenvalue weighted by Crippen LogP contribution is -2.46. The number of aromatic nitrogens is 5. The first-order valence-electron chi connectivity index (χ1n) is 10.3. The van der Waals surface area contributed by atoms with Gasteiger partial charge in [0.1, 0.15) is 5.15 Å². The monoisotopic (exact) mass is 445 g/mol. The van der Waals surface area contributed by atoms with E-state index in [2.05, 4.69) is 26.9 Å². The Labute approximate surface area is 189 Å². The number of fused-ring (bicyclic) bond motifs is 1. The molecule has 1 aliphatic heterocycles. The van der Waals surface area contributed by atoms with Crippen molar-refractivity contribution < 1.29 is 4.79 Å². The Kier molecular flexibility index (Phi) is 5.36. The zero-order chi connectivity index (χ0) is 22.1. The summed E-state index contributed by atoms with van der Waals surface area (Å²) in [7, 11) is 0. The van der Waals surface area contributed by atoms with Crippen molar-refractivity contribution in [2.45, 2.75) is 25.8 Å². The summed E-state index contributed by atoms with van der Waals surface area (Å²) in [5.74, 6) is 0.958. The molecule has 8 nitrogen and oxygen atoms in total. The molecule has 1 aromatic carbocycles. The third-order valence-electron chi connectivity index (χ3n) is 5.59. The number of rotatable bonds is 3. The lowest BCUT2D eigenvalue weighted by atomic mass is 9.98. The molecule has 1 saturated heterocycles. The number of imidazole rings is 1. The highest BCUT2D eigenvalue weighted by Crippen LogP contribution is 2.26. The molecule has 1 amide bonds. The number of benzene rings is 1. The van der Waals surface area contributed by atoms with Crippen molar-refractivity contribution in [1.29, 1.82) is 0 Å². The van der Waals surface area contributed by atoms with Gasteiger partial charge in [-0.1, -0.05) is 29.8 Å². The van der Waals surface area contributed by atoms with Crippen LogP contribution < -0.4 is 0 Å². The van der Waals surface area contributed by atoms with Gasteiger partial charge in [0.15, 0.2) is 17.3 Å². The molecule has 1 fully saturated rings. The number of carbonyl (C=O) groups is 1. The summed E-state index contributed by atoms with van der Waals surface area (Å²) in [6.45, 7) is 2.48. The van der Waals surface area contributed by atoms with Crippen LogP contribution in [-0.4, -0.2) is 53.4 Å². The Balaban J connectivity index is 1.47. The first-order chi connectivity index (χ1) is 15.6. The van der Waals surface area contributed by atoms with Crippen LogP contribution in [0.2, 0.25) is 5.15 Å². The molecule has 4 heterocycles. The van der Waals surface area contributed by atoms with Crippen LogP contribution in [0.25, 0.3) is 17.0 Å². The Bertz CT molecular complexity index is 1320. The van der Waals surface area contributed by atoms with Gasteiger partial charge in [-0.25, -0.2) is 24.9 Å². The summed E-state index contributed by atoms with van der Waals surface area (Å²) < 4.78 is 1.73. The molecule has 5 rings (SSSR count). The minimum atomic E-state index is -0.0667. The molecule has 1 atom stereocenters. The van der Waals surface area contributed by atoms with Crippen molar-refractivity contribution in [2.24, 2.45) is 4.99 Å². The first-order valence-corrected chi connectivity index (χ1v) is 10.7. The summed E-state index contributed by atoms with van der Waals surface area (Å²) in [5, 5.41) is 0.498. The predicted octanol–water partition coefficient (Wildman–Crippen LogP) is 4.24. The van der Waals surface area contributed by atoms with Crippen molar-refractivity contribution in [3.63, 3.8) is 0 Å². The normalized spacial score (nSPS) is 17.8. The number of piperidine rings is 1. The number of carbonyl (C=O) groups excluding carboxylic acids is 1. The van der Waals surface area contributed by atoms with E-state index < -0.39 is 0 Å². The zero-order valence-corrected chi connectivity index (χ0v) is 18.1. The summed E-state index contributed by atoms with van der Waals surface area (Å²) in [5.41, 5.74) is 2.76. The van der Waals surface area contributed by atoms with Crippen LogP contribution in [-0.2, 0) is 0 Å². The van der Waals surface area contributed by atoms with Crippen molar-refractivity contribution in [1.82, 2.24) is 29.2 Å². The van der Waals surface area contributed by atoms with E-state index in [-0.39, 0.29) is 11.9 Å². The van der Waals surface area contributed by atoms with Gasteiger partial charge in [0, 0.05) is 42.1 Å². The highest BCUT2D eigenvalue weighted by Gasteiger charge is 2.29. The van der Waals surface area contributed by atoms with Gasteiger partial charge < -0.3 is 4.90 Å². The second-order valence-electron chi connectivity index (χ2n) is 7.64. The van der Waals surface area contributed by atoms with Crippen LogP contribution in [0.15, 0.2) is 66.3 Å². The fraction of sp³-hybridized carbons (Fsp3) is 0.217. The quantitative estimate of drug-likeness (QED) is 0.470. The average molecular weight is 446 g/mol. The van der Waals surface area contributed by atoms with Crippen LogP contribution in [0.1, 0.15) is 30.1 Å². The molecule has 0 spiro atoms. The number of nitrogens with zero attached hydrogens (tertiary/aromatic N) is 7. The lowest BCUT2D eigenvalue weighted by Gasteiger charge is -2.34. The molecule has 32 heavy (non-hydrogen) atoms. The van der Waals surface area contributed by atoms with Crippen LogP contribution in [0.5, 0.6) is 0 Å². The van der Waals surface area contributed by atoms with E-state index >= 15 is 0 Å². The number of amides is 1. The van der Waals surface area contributed by atoms with Crippen molar-refractivity contribution in [3.05, 3.63) is 72.0 Å². The summed E-state index contributed by atoms with van der Waals surface area (Å²) >= 11 is 6.17. The van der Waals surface area contributed by atoms with Gasteiger partial charge in [-0.3, -0.25) is 9.20 Å². The lowest BCUT2D eigenvalue weighted by molar-refractivity contribution is 0.0703. The molecular formula is C23H20ClN7O. The van der Waals surface area contributed by atoms with Crippen LogP contribution >= 0.6 is 11.6 Å². The molecule has 0 aliphatic carbocycles. The van der Waals surface area contributed by atoms with E-state index in [9.17, 15) is 4.79 Å². The first kappa shape index (κ1) is 20.3. The summed E-state index contributed by atoms with van der Waals surface area (Å²) in [6.07, 6.45) is 9.91. The maximum atomic E-state index is 13.6. The predicted molar refractivity (Wildman–Crippen MR) is 122 cm³/mol. The Morgan fingerprint density at radius 3 is 2.75 bits per heavy atom. The fourth-order valence-corrected chi connectivity index (χ4v) is 4.07. The topological polar surface area (TPSA) is 88.6 Å². The minimum Gasteiger partial charge on any atom is -0.330 e. The molecule has 1 aliphatic rings. The largest absolute Gasteiger partial charge is 0.330 e. The molecule has 3 aromatic heterocycles. The minimum absolute atomic E-state index is 0.0667. The second-order valence-corrected chi connectivity index (χ2v) is 8.03. The van der Waals surface area contributed by atoms with Gasteiger partial charge in [-0.2, -0.15) is 0 Å². The standard InChI is InChI=1S/C23H20ClN7O/c1-15-7-8-16(29-21-22-28-13-19(24)30(22)12-11-27-21)14-31(15)23(32)18-6-3-2-5-17(18)20-25-9-4-10-26-20/h2-6,9-13,15H,7-8,14H2,1H3/t15-/m1/s1. The SMILES string of the molecule is C[C@@H]1CCC(=Nc2nccn3c(Cl)cnc23)CN1C(=O)c1ccccc1-c1ncccn1. The average Bonchev–Trinajstić information content (AvgIpc) is 3.22. The van der Waals surface area contributed by atoms with Gasteiger partial charge in [-0.15, -0.1) is 0 Å². The molecule has 0 radical (unpaired) electrons. The van der Waals surface area contributed by atoms with Gasteiger partial charge in [0.25, 0.3) is 5.91 Å². The third kappa shape index (κ3) is 3.73. The smallest absolute Gasteiger partial charge is 0.255 e. The molecule has 4 aromatic rings. The Morgan fingerprint density at radius 1 is 1.09 bits per heavy atom. The van der Waals surface area contributed by atoms with E-state index in [0.29, 0.717) is 40.1 Å². The van der Waals surface area contributed by atoms with Gasteiger partial charge in [0.2, 0.25) is 0 Å². The van der Waals surface area contributed by atoms with Gasteiger partial charge in [0.05, 0.1) is 18.3 Å². The number of likely N-dealkylation sites (tertiary alicyclic amines) is 1. The highest BCUT2D eigenvalue weighted by molar-refractivity contribution is 6.29. The van der Waals surface area contributed by atoms with E-state index in [4.69, 9.17) is 16.6 Å². The number of halogens is 1. The Hall–Kier alpha value is -3.65. The Morgan fingerprint density at radius 2 is 1.91 bits per heavy atom. The number of hydrogen-bond donors (Lipinski definition) is 0. The molecule has 0 unspecified atom stereocenters.